The summed E-state index contributed by atoms with van der Waals surface area (Å²) in [6.45, 7) is 3.11. The first kappa shape index (κ1) is 22.1. The average molecular weight is 438 g/mol. The zero-order valence-corrected chi connectivity index (χ0v) is 18.5. The summed E-state index contributed by atoms with van der Waals surface area (Å²) >= 11 is 0. The third kappa shape index (κ3) is 5.79. The van der Waals surface area contributed by atoms with Crippen LogP contribution >= 0.6 is 0 Å². The predicted octanol–water partition coefficient (Wildman–Crippen LogP) is 3.16. The van der Waals surface area contributed by atoms with Gasteiger partial charge in [-0.3, -0.25) is 4.79 Å². The number of urea groups is 1. The number of nitrogens with one attached hydrogen (secondary N) is 1. The van der Waals surface area contributed by atoms with Crippen molar-refractivity contribution in [3.63, 3.8) is 0 Å². The second-order valence-corrected chi connectivity index (χ2v) is 8.44. The average Bonchev–Trinajstić information content (AvgIpc) is 3.66. The number of hydrogen-bond acceptors (Lipinski definition) is 4. The molecule has 0 aromatic heterocycles. The van der Waals surface area contributed by atoms with Crippen LogP contribution in [0.3, 0.4) is 0 Å². The van der Waals surface area contributed by atoms with Crippen LogP contribution in [0.4, 0.5) is 4.79 Å². The van der Waals surface area contributed by atoms with E-state index in [4.69, 9.17) is 9.47 Å². The lowest BCUT2D eigenvalue weighted by atomic mass is 10.1. The first-order chi connectivity index (χ1) is 15.6. The molecule has 1 heterocycles. The Morgan fingerprint density at radius 3 is 2.59 bits per heavy atom. The van der Waals surface area contributed by atoms with Crippen LogP contribution in [0.15, 0.2) is 54.6 Å². The predicted molar refractivity (Wildman–Crippen MR) is 122 cm³/mol. The highest BCUT2D eigenvalue weighted by atomic mass is 16.5. The first-order valence-corrected chi connectivity index (χ1v) is 11.2. The molecule has 0 spiro atoms. The second kappa shape index (κ2) is 10.5. The van der Waals surface area contributed by atoms with Gasteiger partial charge in [0.1, 0.15) is 5.75 Å². The highest BCUT2D eigenvalue weighted by molar-refractivity contribution is 5.97. The van der Waals surface area contributed by atoms with Gasteiger partial charge in [-0.15, -0.1) is 0 Å². The summed E-state index contributed by atoms with van der Waals surface area (Å²) in [6, 6.07) is 17.1. The van der Waals surface area contributed by atoms with Gasteiger partial charge in [0.05, 0.1) is 31.9 Å². The Labute approximate surface area is 189 Å². The molecule has 2 aromatic carbocycles. The second-order valence-electron chi connectivity index (χ2n) is 8.44. The molecule has 4 rings (SSSR count). The van der Waals surface area contributed by atoms with Gasteiger partial charge in [-0.25, -0.2) is 4.79 Å². The van der Waals surface area contributed by atoms with E-state index in [1.165, 1.54) is 0 Å². The topological polar surface area (TPSA) is 71.1 Å². The third-order valence-electron chi connectivity index (χ3n) is 5.94. The number of morpholine rings is 1. The Morgan fingerprint density at radius 2 is 1.84 bits per heavy atom. The quantitative estimate of drug-likeness (QED) is 0.689. The zero-order chi connectivity index (χ0) is 22.3. The lowest BCUT2D eigenvalue weighted by molar-refractivity contribution is -0.0282. The smallest absolute Gasteiger partial charge is 0.317 e. The number of carbonyl (C=O) groups is 2. The molecule has 32 heavy (non-hydrogen) atoms. The van der Waals surface area contributed by atoms with Crippen molar-refractivity contribution in [1.82, 2.24) is 15.1 Å². The third-order valence-corrected chi connectivity index (χ3v) is 5.94. The van der Waals surface area contributed by atoms with Crippen molar-refractivity contribution < 1.29 is 19.1 Å². The number of methoxy groups -OCH3 is 1. The Kier molecular flexibility index (Phi) is 7.27. The number of ether oxygens (including phenoxy) is 2. The maximum atomic E-state index is 13.3. The maximum absolute atomic E-state index is 13.3. The molecule has 1 atom stereocenters. The largest absolute Gasteiger partial charge is 0.496 e. The van der Waals surface area contributed by atoms with Gasteiger partial charge in [-0.2, -0.15) is 0 Å². The maximum Gasteiger partial charge on any atom is 0.317 e. The minimum absolute atomic E-state index is 0.0522. The van der Waals surface area contributed by atoms with Gasteiger partial charge in [-0.1, -0.05) is 42.5 Å². The van der Waals surface area contributed by atoms with E-state index in [-0.39, 0.29) is 18.0 Å². The fourth-order valence-corrected chi connectivity index (χ4v) is 3.99. The number of amides is 3. The van der Waals surface area contributed by atoms with Gasteiger partial charge >= 0.3 is 6.03 Å². The highest BCUT2D eigenvalue weighted by Crippen LogP contribution is 2.31. The van der Waals surface area contributed by atoms with E-state index in [9.17, 15) is 9.59 Å². The normalized spacial score (nSPS) is 18.2. The molecule has 1 aliphatic carbocycles. The summed E-state index contributed by atoms with van der Waals surface area (Å²) < 4.78 is 11.3. The van der Waals surface area contributed by atoms with Crippen LogP contribution in [0, 0.1) is 5.92 Å². The Hall–Kier alpha value is -3.06. The number of rotatable bonds is 8. The molecule has 0 unspecified atom stereocenters. The first-order valence-electron chi connectivity index (χ1n) is 11.2. The fraction of sp³-hybridized carbons (Fsp3) is 0.440. The SMILES string of the molecule is COc1ccccc1C(=O)N(CC1CC1)C[C@@H]1CN(C(=O)NCc2ccccc2)CCO1. The Morgan fingerprint density at radius 1 is 1.09 bits per heavy atom. The lowest BCUT2D eigenvalue weighted by Gasteiger charge is -2.36. The van der Waals surface area contributed by atoms with E-state index in [0.29, 0.717) is 56.6 Å². The number of nitrogens with zero attached hydrogens (tertiary/aromatic N) is 2. The summed E-state index contributed by atoms with van der Waals surface area (Å²) in [5.41, 5.74) is 1.62. The van der Waals surface area contributed by atoms with Gasteiger partial charge < -0.3 is 24.6 Å². The van der Waals surface area contributed by atoms with E-state index in [0.717, 1.165) is 18.4 Å². The molecule has 1 N–H and O–H groups in total. The van der Waals surface area contributed by atoms with E-state index < -0.39 is 0 Å². The Bertz CT molecular complexity index is 916. The highest BCUT2D eigenvalue weighted by Gasteiger charge is 2.32. The van der Waals surface area contributed by atoms with Crippen LogP contribution in [0.25, 0.3) is 0 Å². The van der Waals surface area contributed by atoms with Crippen molar-refractivity contribution in [3.8, 4) is 5.75 Å². The van der Waals surface area contributed by atoms with Gasteiger partial charge in [-0.05, 0) is 36.5 Å². The monoisotopic (exact) mass is 437 g/mol. The summed E-state index contributed by atoms with van der Waals surface area (Å²) in [5, 5.41) is 2.98. The van der Waals surface area contributed by atoms with Crippen LogP contribution in [0.2, 0.25) is 0 Å². The molecule has 170 valence electrons. The van der Waals surface area contributed by atoms with Crippen LogP contribution in [0.5, 0.6) is 5.75 Å². The molecular weight excluding hydrogens is 406 g/mol. The molecule has 0 bridgehead atoms. The van der Waals surface area contributed by atoms with Crippen molar-refractivity contribution in [2.75, 3.05) is 39.9 Å². The van der Waals surface area contributed by atoms with Gasteiger partial charge in [0.15, 0.2) is 0 Å². The van der Waals surface area contributed by atoms with Gasteiger partial charge in [0.2, 0.25) is 0 Å². The van der Waals surface area contributed by atoms with Crippen LogP contribution in [-0.4, -0.2) is 67.7 Å². The molecule has 1 saturated heterocycles. The van der Waals surface area contributed by atoms with Crippen molar-refractivity contribution in [2.24, 2.45) is 5.92 Å². The standard InChI is InChI=1S/C25H31N3O4/c1-31-23-10-6-5-9-22(23)24(29)28(16-20-11-12-20)18-21-17-27(13-14-32-21)25(30)26-15-19-7-3-2-4-8-19/h2-10,20-21H,11-18H2,1H3,(H,26,30)/t21-/m0/s1. The fourth-order valence-electron chi connectivity index (χ4n) is 3.99. The molecular formula is C25H31N3O4. The van der Waals surface area contributed by atoms with E-state index in [2.05, 4.69) is 5.32 Å². The molecule has 7 heteroatoms. The van der Waals surface area contributed by atoms with Crippen LogP contribution in [-0.2, 0) is 11.3 Å². The van der Waals surface area contributed by atoms with Crippen molar-refractivity contribution in [1.29, 1.82) is 0 Å². The summed E-state index contributed by atoms with van der Waals surface area (Å²) in [5.74, 6) is 1.07. The van der Waals surface area contributed by atoms with E-state index >= 15 is 0 Å². The van der Waals surface area contributed by atoms with Crippen molar-refractivity contribution in [2.45, 2.75) is 25.5 Å². The molecule has 0 radical (unpaired) electrons. The number of carbonyl (C=O) groups excluding carboxylic acids is 2. The number of para-hydroxylation sites is 1. The lowest BCUT2D eigenvalue weighted by Crippen LogP contribution is -2.53. The minimum Gasteiger partial charge on any atom is -0.496 e. The van der Waals surface area contributed by atoms with Gasteiger partial charge in [0.25, 0.3) is 5.91 Å². The molecule has 1 aliphatic heterocycles. The van der Waals surface area contributed by atoms with Crippen LogP contribution < -0.4 is 10.1 Å². The van der Waals surface area contributed by atoms with Crippen LogP contribution in [0.1, 0.15) is 28.8 Å². The molecule has 2 aromatic rings. The molecule has 2 fully saturated rings. The molecule has 2 aliphatic rings. The van der Waals surface area contributed by atoms with E-state index in [1.54, 1.807) is 24.1 Å². The molecule has 7 nitrogen and oxygen atoms in total. The van der Waals surface area contributed by atoms with Crippen molar-refractivity contribution in [3.05, 3.63) is 65.7 Å². The minimum atomic E-state index is -0.219. The summed E-state index contributed by atoms with van der Waals surface area (Å²) in [7, 11) is 1.58. The molecule has 3 amide bonds. The molecule has 1 saturated carbocycles. The van der Waals surface area contributed by atoms with E-state index in [1.807, 2.05) is 47.4 Å². The zero-order valence-electron chi connectivity index (χ0n) is 18.5. The van der Waals surface area contributed by atoms with Crippen molar-refractivity contribution >= 4 is 11.9 Å². The Balaban J connectivity index is 1.37. The number of hydrogen-bond donors (Lipinski definition) is 1. The number of benzene rings is 2. The summed E-state index contributed by atoms with van der Waals surface area (Å²) in [4.78, 5) is 29.7. The van der Waals surface area contributed by atoms with Gasteiger partial charge in [0, 0.05) is 26.2 Å². The summed E-state index contributed by atoms with van der Waals surface area (Å²) in [6.07, 6.45) is 2.08.